The molecule has 1 N–H and O–H groups in total. The zero-order valence-corrected chi connectivity index (χ0v) is 11.4. The molecule has 4 nitrogen and oxygen atoms in total. The molecule has 100 valence electrons. The van der Waals surface area contributed by atoms with E-state index in [-0.39, 0.29) is 5.56 Å². The lowest BCUT2D eigenvalue weighted by Crippen LogP contribution is -2.23. The van der Waals surface area contributed by atoms with Crippen molar-refractivity contribution < 1.29 is 0 Å². The Balaban J connectivity index is 1.90. The fourth-order valence-electron chi connectivity index (χ4n) is 2.04. The Morgan fingerprint density at radius 1 is 1.26 bits per heavy atom. The summed E-state index contributed by atoms with van der Waals surface area (Å²) in [6.45, 7) is 3.43. The molecule has 0 fully saturated rings. The van der Waals surface area contributed by atoms with Crippen LogP contribution in [0.2, 0.25) is 0 Å². The summed E-state index contributed by atoms with van der Waals surface area (Å²) >= 11 is 0. The topological polar surface area (TPSA) is 49.0 Å². The molecule has 0 bridgehead atoms. The molecular weight excluding hydrogens is 238 g/mol. The predicted octanol–water partition coefficient (Wildman–Crippen LogP) is 1.75. The van der Waals surface area contributed by atoms with Gasteiger partial charge in [0.1, 0.15) is 5.82 Å². The minimum Gasteiger partial charge on any atom is -0.311 e. The first-order chi connectivity index (χ1) is 9.13. The highest BCUT2D eigenvalue weighted by Crippen LogP contribution is 2.03. The van der Waals surface area contributed by atoms with Gasteiger partial charge < -0.3 is 9.88 Å². The number of aromatic amines is 1. The van der Waals surface area contributed by atoms with E-state index in [9.17, 15) is 4.79 Å². The Bertz CT molecular complexity index is 577. The van der Waals surface area contributed by atoms with Gasteiger partial charge in [-0.15, -0.1) is 0 Å². The SMILES string of the molecule is Cc1nc(CN(C)CCc2ccccc2)cc(=O)[nH]1. The van der Waals surface area contributed by atoms with E-state index in [1.807, 2.05) is 13.1 Å². The maximum absolute atomic E-state index is 11.4. The van der Waals surface area contributed by atoms with Crippen LogP contribution in [0.4, 0.5) is 0 Å². The molecule has 0 unspecified atom stereocenters. The summed E-state index contributed by atoms with van der Waals surface area (Å²) in [5.74, 6) is 0.666. The molecule has 19 heavy (non-hydrogen) atoms. The molecule has 2 aromatic rings. The average molecular weight is 257 g/mol. The van der Waals surface area contributed by atoms with Crippen molar-refractivity contribution in [1.82, 2.24) is 14.9 Å². The summed E-state index contributed by atoms with van der Waals surface area (Å²) in [6.07, 6.45) is 1.000. The van der Waals surface area contributed by atoms with Crippen molar-refractivity contribution in [2.75, 3.05) is 13.6 Å². The van der Waals surface area contributed by atoms with E-state index in [1.54, 1.807) is 13.0 Å². The largest absolute Gasteiger partial charge is 0.311 e. The van der Waals surface area contributed by atoms with Gasteiger partial charge in [-0.1, -0.05) is 30.3 Å². The maximum Gasteiger partial charge on any atom is 0.251 e. The first-order valence-corrected chi connectivity index (χ1v) is 6.43. The maximum atomic E-state index is 11.4. The first-order valence-electron chi connectivity index (χ1n) is 6.43. The van der Waals surface area contributed by atoms with E-state index in [0.29, 0.717) is 12.4 Å². The summed E-state index contributed by atoms with van der Waals surface area (Å²) in [4.78, 5) is 20.5. The van der Waals surface area contributed by atoms with Crippen LogP contribution in [0.5, 0.6) is 0 Å². The van der Waals surface area contributed by atoms with Crippen molar-refractivity contribution in [1.29, 1.82) is 0 Å². The second kappa shape index (κ2) is 6.29. The van der Waals surface area contributed by atoms with Gasteiger partial charge in [0.25, 0.3) is 5.56 Å². The Labute approximate surface area is 113 Å². The third-order valence-electron chi connectivity index (χ3n) is 2.97. The van der Waals surface area contributed by atoms with E-state index in [1.165, 1.54) is 5.56 Å². The number of aryl methyl sites for hydroxylation is 1. The molecule has 0 spiro atoms. The van der Waals surface area contributed by atoms with Crippen LogP contribution in [0.3, 0.4) is 0 Å². The van der Waals surface area contributed by atoms with E-state index in [2.05, 4.69) is 39.1 Å². The molecule has 0 saturated carbocycles. The summed E-state index contributed by atoms with van der Waals surface area (Å²) < 4.78 is 0. The van der Waals surface area contributed by atoms with Crippen LogP contribution in [0, 0.1) is 6.92 Å². The van der Waals surface area contributed by atoms with E-state index < -0.39 is 0 Å². The molecule has 0 radical (unpaired) electrons. The monoisotopic (exact) mass is 257 g/mol. The molecule has 0 amide bonds. The molecule has 1 heterocycles. The Kier molecular flexibility index (Phi) is 4.47. The van der Waals surface area contributed by atoms with Crippen LogP contribution in [-0.4, -0.2) is 28.5 Å². The van der Waals surface area contributed by atoms with Gasteiger partial charge in [0.05, 0.1) is 5.69 Å². The van der Waals surface area contributed by atoms with Gasteiger partial charge in [-0.05, 0) is 26.0 Å². The van der Waals surface area contributed by atoms with Gasteiger partial charge in [0.2, 0.25) is 0 Å². The standard InChI is InChI=1S/C15H19N3O/c1-12-16-14(10-15(19)17-12)11-18(2)9-8-13-6-4-3-5-7-13/h3-7,10H,8-9,11H2,1-2H3,(H,16,17,19). The quantitative estimate of drug-likeness (QED) is 0.888. The van der Waals surface area contributed by atoms with Crippen LogP contribution < -0.4 is 5.56 Å². The number of aromatic nitrogens is 2. The molecule has 0 saturated heterocycles. The lowest BCUT2D eigenvalue weighted by molar-refractivity contribution is 0.326. The summed E-state index contributed by atoms with van der Waals surface area (Å²) in [7, 11) is 2.04. The van der Waals surface area contributed by atoms with Crippen LogP contribution in [0.15, 0.2) is 41.2 Å². The summed E-state index contributed by atoms with van der Waals surface area (Å²) in [5, 5.41) is 0. The molecule has 1 aromatic carbocycles. The smallest absolute Gasteiger partial charge is 0.251 e. The highest BCUT2D eigenvalue weighted by molar-refractivity contribution is 5.14. The number of nitrogens with zero attached hydrogens (tertiary/aromatic N) is 2. The highest BCUT2D eigenvalue weighted by atomic mass is 16.1. The van der Waals surface area contributed by atoms with Crippen molar-refractivity contribution >= 4 is 0 Å². The van der Waals surface area contributed by atoms with Crippen LogP contribution in [0.25, 0.3) is 0 Å². The van der Waals surface area contributed by atoms with Crippen molar-refractivity contribution in [2.45, 2.75) is 19.9 Å². The Morgan fingerprint density at radius 2 is 2.00 bits per heavy atom. The molecular formula is C15H19N3O. The Morgan fingerprint density at radius 3 is 2.68 bits per heavy atom. The van der Waals surface area contributed by atoms with Crippen LogP contribution in [-0.2, 0) is 13.0 Å². The fraction of sp³-hybridized carbons (Fsp3) is 0.333. The molecule has 4 heteroatoms. The van der Waals surface area contributed by atoms with Crippen molar-refractivity contribution in [3.63, 3.8) is 0 Å². The van der Waals surface area contributed by atoms with E-state index in [4.69, 9.17) is 0 Å². The van der Waals surface area contributed by atoms with Crippen molar-refractivity contribution in [3.8, 4) is 0 Å². The number of likely N-dealkylation sites (N-methyl/N-ethyl adjacent to an activating group) is 1. The van der Waals surface area contributed by atoms with Gasteiger partial charge in [-0.3, -0.25) is 4.79 Å². The molecule has 2 rings (SSSR count). The van der Waals surface area contributed by atoms with Crippen molar-refractivity contribution in [3.05, 3.63) is 63.8 Å². The van der Waals surface area contributed by atoms with Crippen LogP contribution in [0.1, 0.15) is 17.1 Å². The van der Waals surface area contributed by atoms with E-state index >= 15 is 0 Å². The zero-order chi connectivity index (χ0) is 13.7. The first kappa shape index (κ1) is 13.5. The molecule has 0 atom stereocenters. The molecule has 1 aromatic heterocycles. The second-order valence-electron chi connectivity index (χ2n) is 4.80. The minimum absolute atomic E-state index is 0.0843. The molecule has 0 aliphatic rings. The fourth-order valence-corrected chi connectivity index (χ4v) is 2.04. The Hall–Kier alpha value is -1.94. The number of hydrogen-bond acceptors (Lipinski definition) is 3. The van der Waals surface area contributed by atoms with Crippen LogP contribution >= 0.6 is 0 Å². The van der Waals surface area contributed by atoms with Gasteiger partial charge in [-0.2, -0.15) is 0 Å². The number of benzene rings is 1. The number of hydrogen-bond donors (Lipinski definition) is 1. The lowest BCUT2D eigenvalue weighted by atomic mass is 10.1. The average Bonchev–Trinajstić information content (AvgIpc) is 2.36. The summed E-state index contributed by atoms with van der Waals surface area (Å²) in [6, 6.07) is 11.9. The lowest BCUT2D eigenvalue weighted by Gasteiger charge is -2.16. The predicted molar refractivity (Wildman–Crippen MR) is 76.1 cm³/mol. The number of rotatable bonds is 5. The molecule has 0 aliphatic carbocycles. The zero-order valence-electron chi connectivity index (χ0n) is 11.4. The highest BCUT2D eigenvalue weighted by Gasteiger charge is 2.04. The number of H-pyrrole nitrogens is 1. The number of nitrogens with one attached hydrogen (secondary N) is 1. The van der Waals surface area contributed by atoms with Gasteiger partial charge in [0.15, 0.2) is 0 Å². The van der Waals surface area contributed by atoms with Gasteiger partial charge >= 0.3 is 0 Å². The summed E-state index contributed by atoms with van der Waals surface area (Å²) in [5.41, 5.74) is 2.06. The third-order valence-corrected chi connectivity index (χ3v) is 2.97. The van der Waals surface area contributed by atoms with E-state index in [0.717, 1.165) is 18.7 Å². The van der Waals surface area contributed by atoms with Gasteiger partial charge in [-0.25, -0.2) is 4.98 Å². The third kappa shape index (κ3) is 4.34. The normalized spacial score (nSPS) is 10.9. The second-order valence-corrected chi connectivity index (χ2v) is 4.80. The van der Waals surface area contributed by atoms with Gasteiger partial charge in [0, 0.05) is 19.2 Å². The molecule has 0 aliphatic heterocycles. The minimum atomic E-state index is -0.0843. The van der Waals surface area contributed by atoms with Crippen molar-refractivity contribution in [2.24, 2.45) is 0 Å².